The molecule has 0 aliphatic rings. The first-order valence-electron chi connectivity index (χ1n) is 6.73. The minimum atomic E-state index is 0.0620. The highest BCUT2D eigenvalue weighted by atomic mass is 14.9. The summed E-state index contributed by atoms with van der Waals surface area (Å²) in [4.78, 5) is 8.99. The van der Waals surface area contributed by atoms with Crippen molar-refractivity contribution >= 4 is 10.9 Å². The highest BCUT2D eigenvalue weighted by Crippen LogP contribution is 2.24. The molecule has 3 rings (SSSR count). The molecule has 0 saturated heterocycles. The molecular formula is C17H17N3. The fourth-order valence-corrected chi connectivity index (χ4v) is 2.56. The molecule has 0 spiro atoms. The molecule has 0 aliphatic carbocycles. The number of pyridine rings is 2. The first kappa shape index (κ1) is 12.8. The van der Waals surface area contributed by atoms with Crippen LogP contribution in [0.2, 0.25) is 0 Å². The van der Waals surface area contributed by atoms with Crippen LogP contribution in [0.3, 0.4) is 0 Å². The molecule has 100 valence electrons. The lowest BCUT2D eigenvalue weighted by molar-refractivity contribution is 0.670. The van der Waals surface area contributed by atoms with E-state index in [0.29, 0.717) is 0 Å². The van der Waals surface area contributed by atoms with Crippen LogP contribution in [-0.4, -0.2) is 17.0 Å². The lowest BCUT2D eigenvalue weighted by Crippen LogP contribution is -2.19. The minimum absolute atomic E-state index is 0.0620. The third-order valence-electron chi connectivity index (χ3n) is 3.55. The van der Waals surface area contributed by atoms with Gasteiger partial charge in [0, 0.05) is 17.8 Å². The largest absolute Gasteiger partial charge is 0.308 e. The number of hydrogen-bond donors (Lipinski definition) is 1. The van der Waals surface area contributed by atoms with Crippen molar-refractivity contribution in [2.24, 2.45) is 0 Å². The minimum Gasteiger partial charge on any atom is -0.308 e. The Balaban J connectivity index is 2.13. The van der Waals surface area contributed by atoms with Crippen LogP contribution >= 0.6 is 0 Å². The standard InChI is InChI=1S/C17H17N3/c1-12-10-16(20-15-8-4-3-7-14(12)15)17(18-2)13-6-5-9-19-11-13/h3-11,17-18H,1-2H3. The molecule has 2 heterocycles. The van der Waals surface area contributed by atoms with Gasteiger partial charge in [-0.1, -0.05) is 24.3 Å². The van der Waals surface area contributed by atoms with E-state index >= 15 is 0 Å². The average Bonchev–Trinajstić information content (AvgIpc) is 2.49. The second kappa shape index (κ2) is 5.39. The smallest absolute Gasteiger partial charge is 0.0764 e. The Morgan fingerprint density at radius 2 is 1.95 bits per heavy atom. The van der Waals surface area contributed by atoms with Crippen molar-refractivity contribution in [3.8, 4) is 0 Å². The number of hydrogen-bond acceptors (Lipinski definition) is 3. The van der Waals surface area contributed by atoms with E-state index in [4.69, 9.17) is 4.98 Å². The summed E-state index contributed by atoms with van der Waals surface area (Å²) in [5, 5.41) is 4.53. The van der Waals surface area contributed by atoms with Crippen LogP contribution in [0.5, 0.6) is 0 Å². The molecule has 0 fully saturated rings. The molecule has 1 unspecified atom stereocenters. The van der Waals surface area contributed by atoms with Gasteiger partial charge in [0.15, 0.2) is 0 Å². The molecule has 3 nitrogen and oxygen atoms in total. The molecule has 0 bridgehead atoms. The predicted octanol–water partition coefficient (Wildman–Crippen LogP) is 3.25. The predicted molar refractivity (Wildman–Crippen MR) is 81.6 cm³/mol. The zero-order chi connectivity index (χ0) is 13.9. The summed E-state index contributed by atoms with van der Waals surface area (Å²) in [6.07, 6.45) is 3.67. The zero-order valence-electron chi connectivity index (χ0n) is 11.7. The first-order valence-corrected chi connectivity index (χ1v) is 6.73. The highest BCUT2D eigenvalue weighted by Gasteiger charge is 2.14. The van der Waals surface area contributed by atoms with Crippen LogP contribution in [0, 0.1) is 6.92 Å². The number of nitrogens with one attached hydrogen (secondary N) is 1. The van der Waals surface area contributed by atoms with E-state index in [0.717, 1.165) is 16.8 Å². The van der Waals surface area contributed by atoms with Gasteiger partial charge in [0.1, 0.15) is 0 Å². The summed E-state index contributed by atoms with van der Waals surface area (Å²) in [7, 11) is 1.95. The van der Waals surface area contributed by atoms with Crippen molar-refractivity contribution in [2.75, 3.05) is 7.05 Å². The number of aromatic nitrogens is 2. The maximum absolute atomic E-state index is 4.79. The van der Waals surface area contributed by atoms with E-state index in [1.165, 1.54) is 10.9 Å². The second-order valence-electron chi connectivity index (χ2n) is 4.89. The SMILES string of the molecule is CNC(c1cccnc1)c1cc(C)c2ccccc2n1. The van der Waals surface area contributed by atoms with Crippen molar-refractivity contribution < 1.29 is 0 Å². The molecule has 3 heteroatoms. The normalized spacial score (nSPS) is 12.5. The Labute approximate surface area is 118 Å². The van der Waals surface area contributed by atoms with E-state index in [2.05, 4.69) is 41.5 Å². The van der Waals surface area contributed by atoms with Crippen LogP contribution in [0.1, 0.15) is 22.9 Å². The molecule has 2 aromatic heterocycles. The van der Waals surface area contributed by atoms with Gasteiger partial charge >= 0.3 is 0 Å². The summed E-state index contributed by atoms with van der Waals surface area (Å²) in [6.45, 7) is 2.13. The van der Waals surface area contributed by atoms with Gasteiger partial charge in [0.2, 0.25) is 0 Å². The molecule has 0 amide bonds. The van der Waals surface area contributed by atoms with Crippen LogP contribution < -0.4 is 5.32 Å². The van der Waals surface area contributed by atoms with E-state index in [-0.39, 0.29) is 6.04 Å². The highest BCUT2D eigenvalue weighted by molar-refractivity contribution is 5.82. The molecule has 20 heavy (non-hydrogen) atoms. The number of benzene rings is 1. The Morgan fingerprint density at radius 3 is 2.70 bits per heavy atom. The van der Waals surface area contributed by atoms with Gasteiger partial charge in [0.25, 0.3) is 0 Å². The summed E-state index contributed by atoms with van der Waals surface area (Å²) in [5.41, 5.74) is 4.43. The summed E-state index contributed by atoms with van der Waals surface area (Å²) in [6, 6.07) is 14.5. The summed E-state index contributed by atoms with van der Waals surface area (Å²) < 4.78 is 0. The van der Waals surface area contributed by atoms with Gasteiger partial charge in [0.05, 0.1) is 17.3 Å². The van der Waals surface area contributed by atoms with Gasteiger partial charge in [-0.15, -0.1) is 0 Å². The van der Waals surface area contributed by atoms with Crippen LogP contribution in [0.4, 0.5) is 0 Å². The van der Waals surface area contributed by atoms with Crippen molar-refractivity contribution in [3.05, 3.63) is 71.7 Å². The maximum atomic E-state index is 4.79. The van der Waals surface area contributed by atoms with Gasteiger partial charge in [-0.3, -0.25) is 9.97 Å². The molecular weight excluding hydrogens is 246 g/mol. The number of nitrogens with zero attached hydrogens (tertiary/aromatic N) is 2. The number of rotatable bonds is 3. The van der Waals surface area contributed by atoms with E-state index in [9.17, 15) is 0 Å². The molecule has 0 aliphatic heterocycles. The van der Waals surface area contributed by atoms with Gasteiger partial charge in [-0.2, -0.15) is 0 Å². The summed E-state index contributed by atoms with van der Waals surface area (Å²) >= 11 is 0. The average molecular weight is 263 g/mol. The first-order chi connectivity index (χ1) is 9.79. The fourth-order valence-electron chi connectivity index (χ4n) is 2.56. The molecule has 0 saturated carbocycles. The Bertz CT molecular complexity index is 723. The Kier molecular flexibility index (Phi) is 3.44. The monoisotopic (exact) mass is 263 g/mol. The third-order valence-corrected chi connectivity index (χ3v) is 3.55. The molecule has 0 radical (unpaired) electrons. The zero-order valence-corrected chi connectivity index (χ0v) is 11.7. The lowest BCUT2D eigenvalue weighted by Gasteiger charge is -2.17. The summed E-state index contributed by atoms with van der Waals surface area (Å²) in [5.74, 6) is 0. The quantitative estimate of drug-likeness (QED) is 0.788. The van der Waals surface area contributed by atoms with Crippen LogP contribution in [-0.2, 0) is 0 Å². The van der Waals surface area contributed by atoms with E-state index in [1.54, 1.807) is 6.20 Å². The van der Waals surface area contributed by atoms with Crippen molar-refractivity contribution in [3.63, 3.8) is 0 Å². The van der Waals surface area contributed by atoms with Crippen molar-refractivity contribution in [1.29, 1.82) is 0 Å². The second-order valence-corrected chi connectivity index (χ2v) is 4.89. The van der Waals surface area contributed by atoms with Crippen LogP contribution in [0.15, 0.2) is 54.9 Å². The van der Waals surface area contributed by atoms with E-state index < -0.39 is 0 Å². The Hall–Kier alpha value is -2.26. The Morgan fingerprint density at radius 1 is 1.10 bits per heavy atom. The maximum Gasteiger partial charge on any atom is 0.0764 e. The molecule has 3 aromatic rings. The van der Waals surface area contributed by atoms with Crippen LogP contribution in [0.25, 0.3) is 10.9 Å². The number of aryl methyl sites for hydroxylation is 1. The van der Waals surface area contributed by atoms with Gasteiger partial charge in [-0.25, -0.2) is 0 Å². The topological polar surface area (TPSA) is 37.8 Å². The fraction of sp³-hybridized carbons (Fsp3) is 0.176. The van der Waals surface area contributed by atoms with Crippen molar-refractivity contribution in [2.45, 2.75) is 13.0 Å². The molecule has 1 aromatic carbocycles. The van der Waals surface area contributed by atoms with Gasteiger partial charge in [-0.05, 0) is 43.3 Å². The molecule has 1 N–H and O–H groups in total. The van der Waals surface area contributed by atoms with Gasteiger partial charge < -0.3 is 5.32 Å². The van der Waals surface area contributed by atoms with E-state index in [1.807, 2.05) is 31.4 Å². The lowest BCUT2D eigenvalue weighted by atomic mass is 10.0. The third kappa shape index (κ3) is 2.28. The van der Waals surface area contributed by atoms with Crippen molar-refractivity contribution in [1.82, 2.24) is 15.3 Å². The number of fused-ring (bicyclic) bond motifs is 1. The number of para-hydroxylation sites is 1. The molecule has 1 atom stereocenters.